The van der Waals surface area contributed by atoms with Gasteiger partial charge in [-0.1, -0.05) is 71.5 Å². The summed E-state index contributed by atoms with van der Waals surface area (Å²) < 4.78 is 42.2. The topological polar surface area (TPSA) is 0 Å². The number of allylic oxidation sites excluding steroid dienone is 13. The monoisotopic (exact) mass is 414 g/mol. The first-order valence-electron chi connectivity index (χ1n) is 9.68. The van der Waals surface area contributed by atoms with E-state index in [-0.39, 0.29) is 33.8 Å². The Kier molecular flexibility index (Phi) is 11.5. The van der Waals surface area contributed by atoms with Gasteiger partial charge < -0.3 is 0 Å². The summed E-state index contributed by atoms with van der Waals surface area (Å²) in [6.45, 7) is 31.1. The molecule has 0 radical (unpaired) electrons. The molecule has 0 aromatic rings. The molecule has 0 rings (SSSR count). The molecule has 0 heterocycles. The van der Waals surface area contributed by atoms with Crippen LogP contribution in [-0.2, 0) is 0 Å². The standard InChI is InChI=1S/C27H33F3/c1-11-18(4)12-13-19(5)22(8)16-25(28)23(9)20(6)14-15-21(7)24(10)27(30)26(29)17(2)3/h11,14-16,18-19H,1-2,6-10,12-13H2,3-5H3/b15-14-,25-16+,27-26-. The van der Waals surface area contributed by atoms with Crippen LogP contribution in [0.15, 0.2) is 121 Å². The fourth-order valence-corrected chi connectivity index (χ4v) is 2.22. The zero-order chi connectivity index (χ0) is 23.6. The maximum atomic E-state index is 14.6. The minimum absolute atomic E-state index is 0.0520. The van der Waals surface area contributed by atoms with Crippen molar-refractivity contribution >= 4 is 0 Å². The quantitative estimate of drug-likeness (QED) is 0.208. The summed E-state index contributed by atoms with van der Waals surface area (Å²) in [7, 11) is 0. The highest BCUT2D eigenvalue weighted by Crippen LogP contribution is 2.28. The van der Waals surface area contributed by atoms with Gasteiger partial charge in [0.2, 0.25) is 0 Å². The van der Waals surface area contributed by atoms with Crippen LogP contribution in [-0.4, -0.2) is 0 Å². The van der Waals surface area contributed by atoms with Crippen LogP contribution in [0.2, 0.25) is 0 Å². The molecule has 2 atom stereocenters. The molecular formula is C27H33F3. The predicted octanol–water partition coefficient (Wildman–Crippen LogP) is 9.14. The molecule has 0 fully saturated rings. The molecule has 0 amide bonds. The second-order valence-electron chi connectivity index (χ2n) is 7.51. The molecule has 0 saturated heterocycles. The van der Waals surface area contributed by atoms with Gasteiger partial charge in [0.1, 0.15) is 5.83 Å². The Labute approximate surface area is 180 Å². The first-order chi connectivity index (χ1) is 13.8. The van der Waals surface area contributed by atoms with E-state index in [0.717, 1.165) is 12.8 Å². The molecule has 0 nitrogen and oxygen atoms in total. The first-order valence-corrected chi connectivity index (χ1v) is 9.68. The Morgan fingerprint density at radius 3 is 1.77 bits per heavy atom. The third kappa shape index (κ3) is 8.69. The van der Waals surface area contributed by atoms with E-state index in [1.165, 1.54) is 25.2 Å². The molecule has 0 aromatic carbocycles. The highest BCUT2D eigenvalue weighted by Gasteiger charge is 2.13. The van der Waals surface area contributed by atoms with Crippen molar-refractivity contribution < 1.29 is 13.2 Å². The second kappa shape index (κ2) is 12.7. The van der Waals surface area contributed by atoms with E-state index >= 15 is 0 Å². The van der Waals surface area contributed by atoms with E-state index < -0.39 is 17.5 Å². The van der Waals surface area contributed by atoms with Crippen molar-refractivity contribution in [1.29, 1.82) is 0 Å². The van der Waals surface area contributed by atoms with E-state index in [1.54, 1.807) is 0 Å². The van der Waals surface area contributed by atoms with Crippen molar-refractivity contribution in [3.8, 4) is 0 Å². The molecule has 0 aliphatic rings. The Balaban J connectivity index is 5.11. The molecule has 0 bridgehead atoms. The van der Waals surface area contributed by atoms with Crippen LogP contribution in [0.25, 0.3) is 0 Å². The lowest BCUT2D eigenvalue weighted by Gasteiger charge is -2.14. The van der Waals surface area contributed by atoms with Gasteiger partial charge in [-0.2, -0.15) is 0 Å². The van der Waals surface area contributed by atoms with Crippen molar-refractivity contribution in [2.75, 3.05) is 0 Å². The van der Waals surface area contributed by atoms with E-state index in [4.69, 9.17) is 0 Å². The predicted molar refractivity (Wildman–Crippen MR) is 126 cm³/mol. The van der Waals surface area contributed by atoms with Gasteiger partial charge in [-0.25, -0.2) is 13.2 Å². The highest BCUT2D eigenvalue weighted by molar-refractivity contribution is 5.53. The van der Waals surface area contributed by atoms with Crippen molar-refractivity contribution in [2.24, 2.45) is 11.8 Å². The Morgan fingerprint density at radius 2 is 1.30 bits per heavy atom. The molecule has 0 aliphatic heterocycles. The number of halogens is 3. The largest absolute Gasteiger partial charge is 0.206 e. The van der Waals surface area contributed by atoms with E-state index in [0.29, 0.717) is 11.5 Å². The average molecular weight is 415 g/mol. The van der Waals surface area contributed by atoms with Crippen LogP contribution in [0.3, 0.4) is 0 Å². The SMILES string of the molecule is C=CC(C)CCC(C)C(=C)/C=C(/F)C(=C)C(=C)/C=C\C(=C)C(=C)/C(F)=C(/F)C(=C)C. The Morgan fingerprint density at radius 1 is 0.800 bits per heavy atom. The normalized spacial score (nSPS) is 14.5. The highest BCUT2D eigenvalue weighted by atomic mass is 19.2. The van der Waals surface area contributed by atoms with Gasteiger partial charge in [0.15, 0.2) is 11.7 Å². The van der Waals surface area contributed by atoms with Crippen LogP contribution in [0.1, 0.15) is 33.6 Å². The van der Waals surface area contributed by atoms with Gasteiger partial charge in [-0.3, -0.25) is 0 Å². The van der Waals surface area contributed by atoms with Gasteiger partial charge in [-0.05, 0) is 60.0 Å². The van der Waals surface area contributed by atoms with Gasteiger partial charge in [-0.15, -0.1) is 6.58 Å². The summed E-state index contributed by atoms with van der Waals surface area (Å²) in [5.74, 6) is -2.27. The van der Waals surface area contributed by atoms with Crippen LogP contribution in [0, 0.1) is 11.8 Å². The number of hydrogen-bond acceptors (Lipinski definition) is 0. The third-order valence-corrected chi connectivity index (χ3v) is 4.78. The van der Waals surface area contributed by atoms with Gasteiger partial charge in [0.25, 0.3) is 0 Å². The van der Waals surface area contributed by atoms with Crippen molar-refractivity contribution in [1.82, 2.24) is 0 Å². The lowest BCUT2D eigenvalue weighted by Crippen LogP contribution is -2.00. The summed E-state index contributed by atoms with van der Waals surface area (Å²) in [5, 5.41) is 0. The summed E-state index contributed by atoms with van der Waals surface area (Å²) in [5.41, 5.74) is 0.837. The van der Waals surface area contributed by atoms with Crippen molar-refractivity contribution in [2.45, 2.75) is 33.6 Å². The Hall–Kier alpha value is -2.81. The molecule has 3 heteroatoms. The maximum Gasteiger partial charge on any atom is 0.166 e. The molecule has 162 valence electrons. The molecule has 2 unspecified atom stereocenters. The second-order valence-corrected chi connectivity index (χ2v) is 7.51. The molecule has 0 saturated carbocycles. The fraction of sp³-hybridized carbons (Fsp3) is 0.259. The molecule has 0 aliphatic carbocycles. The van der Waals surface area contributed by atoms with Crippen molar-refractivity contribution in [3.05, 3.63) is 121 Å². The summed E-state index contributed by atoms with van der Waals surface area (Å²) in [6.07, 6.45) is 7.85. The number of hydrogen-bond donors (Lipinski definition) is 0. The van der Waals surface area contributed by atoms with E-state index in [9.17, 15) is 13.2 Å². The van der Waals surface area contributed by atoms with Crippen LogP contribution in [0.4, 0.5) is 13.2 Å². The zero-order valence-electron chi connectivity index (χ0n) is 18.5. The maximum absolute atomic E-state index is 14.6. The lowest BCUT2D eigenvalue weighted by molar-refractivity contribution is 0.523. The number of rotatable bonds is 13. The Bertz CT molecular complexity index is 843. The summed E-state index contributed by atoms with van der Waals surface area (Å²) in [4.78, 5) is 0. The minimum atomic E-state index is -1.14. The molecule has 0 aromatic heterocycles. The van der Waals surface area contributed by atoms with Gasteiger partial charge >= 0.3 is 0 Å². The smallest absolute Gasteiger partial charge is 0.166 e. The van der Waals surface area contributed by atoms with E-state index in [2.05, 4.69) is 53.0 Å². The van der Waals surface area contributed by atoms with E-state index in [1.807, 2.05) is 13.0 Å². The average Bonchev–Trinajstić information content (AvgIpc) is 2.72. The minimum Gasteiger partial charge on any atom is -0.206 e. The van der Waals surface area contributed by atoms with Crippen molar-refractivity contribution in [3.63, 3.8) is 0 Å². The van der Waals surface area contributed by atoms with Crippen LogP contribution < -0.4 is 0 Å². The zero-order valence-corrected chi connectivity index (χ0v) is 18.5. The summed E-state index contributed by atoms with van der Waals surface area (Å²) in [6, 6.07) is 0. The summed E-state index contributed by atoms with van der Waals surface area (Å²) >= 11 is 0. The fourth-order valence-electron chi connectivity index (χ4n) is 2.22. The lowest BCUT2D eigenvalue weighted by atomic mass is 9.92. The van der Waals surface area contributed by atoms with Gasteiger partial charge in [0, 0.05) is 11.1 Å². The van der Waals surface area contributed by atoms with Gasteiger partial charge in [0.05, 0.1) is 0 Å². The first kappa shape index (κ1) is 27.2. The van der Waals surface area contributed by atoms with Crippen LogP contribution in [0.5, 0.6) is 0 Å². The third-order valence-electron chi connectivity index (χ3n) is 4.78. The molecule has 0 N–H and O–H groups in total. The van der Waals surface area contributed by atoms with Crippen LogP contribution >= 0.6 is 0 Å². The molecular weight excluding hydrogens is 381 g/mol. The molecule has 0 spiro atoms. The molecule has 30 heavy (non-hydrogen) atoms.